The fourth-order valence-electron chi connectivity index (χ4n) is 1.62. The third-order valence-electron chi connectivity index (χ3n) is 2.53. The van der Waals surface area contributed by atoms with Crippen LogP contribution in [0.15, 0.2) is 58.3 Å². The summed E-state index contributed by atoms with van der Waals surface area (Å²) in [6, 6.07) is 15.0. The largest absolute Gasteiger partial charge is 0.249 e. The molecule has 0 aliphatic rings. The highest BCUT2D eigenvalue weighted by Crippen LogP contribution is 2.19. The van der Waals surface area contributed by atoms with Gasteiger partial charge in [0.1, 0.15) is 0 Å². The van der Waals surface area contributed by atoms with Crippen molar-refractivity contribution in [3.8, 4) is 0 Å². The van der Waals surface area contributed by atoms with Crippen LogP contribution in [0.5, 0.6) is 0 Å². The molecule has 0 amide bonds. The third-order valence-corrected chi connectivity index (χ3v) is 4.52. The van der Waals surface area contributed by atoms with Crippen LogP contribution in [0.25, 0.3) is 0 Å². The van der Waals surface area contributed by atoms with E-state index in [-0.39, 0.29) is 0 Å². The van der Waals surface area contributed by atoms with E-state index in [2.05, 4.69) is 0 Å². The van der Waals surface area contributed by atoms with Gasteiger partial charge in [-0.1, -0.05) is 24.3 Å². The molecule has 0 atom stereocenters. The minimum atomic E-state index is -1.19. The second-order valence-electron chi connectivity index (χ2n) is 3.83. The van der Waals surface area contributed by atoms with Crippen molar-refractivity contribution in [1.82, 2.24) is 0 Å². The van der Waals surface area contributed by atoms with Gasteiger partial charge in [-0.3, -0.25) is 0 Å². The average Bonchev–Trinajstić information content (AvgIpc) is 2.46. The van der Waals surface area contributed by atoms with Crippen LogP contribution in [0.2, 0.25) is 0 Å². The first-order chi connectivity index (χ1) is 8.74. The zero-order valence-electron chi connectivity index (χ0n) is 9.61. The Balaban J connectivity index is 2.34. The lowest BCUT2D eigenvalue weighted by Gasteiger charge is -2.05. The molecule has 0 aromatic heterocycles. The van der Waals surface area contributed by atoms with Gasteiger partial charge in [-0.2, -0.15) is 0 Å². The maximum Gasteiger partial charge on any atom is 0.0849 e. The molecule has 0 aliphatic carbocycles. The topological polar surface area (TPSA) is 17.1 Å². The van der Waals surface area contributed by atoms with E-state index in [9.17, 15) is 4.21 Å². The second-order valence-corrected chi connectivity index (χ2v) is 5.85. The highest BCUT2D eigenvalue weighted by molar-refractivity contribution is 7.85. The molecule has 0 unspecified atom stereocenters. The molecule has 0 radical (unpaired) electrons. The van der Waals surface area contributed by atoms with Crippen molar-refractivity contribution < 1.29 is 4.21 Å². The van der Waals surface area contributed by atoms with Crippen molar-refractivity contribution in [3.05, 3.63) is 59.7 Å². The Morgan fingerprint density at radius 1 is 0.833 bits per heavy atom. The Labute approximate surface area is 119 Å². The molecule has 1 nitrogen and oxygen atoms in total. The number of rotatable bonds is 4. The number of alkyl halides is 2. The van der Waals surface area contributed by atoms with Crippen LogP contribution in [0, 0.1) is 0 Å². The van der Waals surface area contributed by atoms with Gasteiger partial charge in [0, 0.05) is 21.6 Å². The average molecular weight is 299 g/mol. The molecule has 94 valence electrons. The van der Waals surface area contributed by atoms with E-state index in [4.69, 9.17) is 23.2 Å². The summed E-state index contributed by atoms with van der Waals surface area (Å²) in [7, 11) is -1.19. The lowest BCUT2D eigenvalue weighted by atomic mass is 10.2. The second kappa shape index (κ2) is 6.37. The molecular weight excluding hydrogens is 287 g/mol. The fraction of sp³-hybridized carbons (Fsp3) is 0.143. The molecule has 4 heteroatoms. The first-order valence-corrected chi connectivity index (χ1v) is 7.68. The van der Waals surface area contributed by atoms with E-state index >= 15 is 0 Å². The quantitative estimate of drug-likeness (QED) is 0.768. The molecule has 0 fully saturated rings. The van der Waals surface area contributed by atoms with Crippen LogP contribution in [0.3, 0.4) is 0 Å². The molecule has 0 aliphatic heterocycles. The number of benzene rings is 2. The van der Waals surface area contributed by atoms with Gasteiger partial charge in [0.15, 0.2) is 0 Å². The molecule has 0 saturated heterocycles. The third kappa shape index (κ3) is 3.14. The monoisotopic (exact) mass is 298 g/mol. The number of hydrogen-bond acceptors (Lipinski definition) is 1. The molecule has 2 aromatic carbocycles. The molecule has 2 rings (SSSR count). The molecular formula is C14H12Cl2OS. The Kier molecular flexibility index (Phi) is 4.81. The van der Waals surface area contributed by atoms with Crippen molar-refractivity contribution in [2.75, 3.05) is 0 Å². The van der Waals surface area contributed by atoms with Crippen LogP contribution in [-0.2, 0) is 22.6 Å². The molecule has 0 heterocycles. The van der Waals surface area contributed by atoms with Gasteiger partial charge >= 0.3 is 0 Å². The minimum absolute atomic E-state index is 0.423. The van der Waals surface area contributed by atoms with E-state index in [0.29, 0.717) is 11.8 Å². The maximum absolute atomic E-state index is 12.4. The van der Waals surface area contributed by atoms with Crippen molar-refractivity contribution in [2.24, 2.45) is 0 Å². The van der Waals surface area contributed by atoms with Crippen molar-refractivity contribution in [2.45, 2.75) is 21.6 Å². The molecule has 0 spiro atoms. The summed E-state index contributed by atoms with van der Waals surface area (Å²) in [4.78, 5) is 1.53. The van der Waals surface area contributed by atoms with Gasteiger partial charge in [-0.15, -0.1) is 23.2 Å². The first-order valence-electron chi connectivity index (χ1n) is 5.46. The number of hydrogen-bond donors (Lipinski definition) is 0. The van der Waals surface area contributed by atoms with E-state index in [1.54, 1.807) is 0 Å². The van der Waals surface area contributed by atoms with Crippen LogP contribution in [0.1, 0.15) is 11.1 Å². The standard InChI is InChI=1S/C14H12Cl2OS/c15-9-11-3-1-5-13(7-11)18(17)14-6-2-4-12(8-14)10-16/h1-8H,9-10H2. The Morgan fingerprint density at radius 3 is 1.67 bits per heavy atom. The van der Waals surface area contributed by atoms with E-state index < -0.39 is 10.8 Å². The molecule has 18 heavy (non-hydrogen) atoms. The van der Waals surface area contributed by atoms with Crippen molar-refractivity contribution >= 4 is 34.0 Å². The van der Waals surface area contributed by atoms with Crippen LogP contribution in [0.4, 0.5) is 0 Å². The lowest BCUT2D eigenvalue weighted by Crippen LogP contribution is -1.94. The molecule has 0 bridgehead atoms. The zero-order valence-corrected chi connectivity index (χ0v) is 11.9. The summed E-state index contributed by atoms with van der Waals surface area (Å²) in [6.45, 7) is 0. The normalized spacial score (nSPS) is 10.8. The molecule has 0 saturated carbocycles. The van der Waals surface area contributed by atoms with Crippen molar-refractivity contribution in [3.63, 3.8) is 0 Å². The molecule has 0 N–H and O–H groups in total. The molecule has 2 aromatic rings. The number of halogens is 2. The zero-order chi connectivity index (χ0) is 13.0. The van der Waals surface area contributed by atoms with Gasteiger partial charge in [-0.25, -0.2) is 4.21 Å². The van der Waals surface area contributed by atoms with E-state index in [0.717, 1.165) is 20.9 Å². The van der Waals surface area contributed by atoms with Crippen molar-refractivity contribution in [1.29, 1.82) is 0 Å². The Bertz CT molecular complexity index is 520. The summed E-state index contributed by atoms with van der Waals surface area (Å²) in [5.41, 5.74) is 1.94. The van der Waals surface area contributed by atoms with Gasteiger partial charge in [-0.05, 0) is 35.4 Å². The summed E-state index contributed by atoms with van der Waals surface area (Å²) in [5, 5.41) is 0. The Hall–Kier alpha value is -0.830. The SMILES string of the molecule is O=S(c1cccc(CCl)c1)c1cccc(CCl)c1. The van der Waals surface area contributed by atoms with E-state index in [1.807, 2.05) is 48.5 Å². The predicted molar refractivity (Wildman–Crippen MR) is 76.7 cm³/mol. The lowest BCUT2D eigenvalue weighted by molar-refractivity contribution is 0.683. The highest BCUT2D eigenvalue weighted by atomic mass is 35.5. The summed E-state index contributed by atoms with van der Waals surface area (Å²) in [6.07, 6.45) is 0. The van der Waals surface area contributed by atoms with Crippen LogP contribution >= 0.6 is 23.2 Å². The van der Waals surface area contributed by atoms with Crippen LogP contribution < -0.4 is 0 Å². The van der Waals surface area contributed by atoms with Gasteiger partial charge in [0.2, 0.25) is 0 Å². The summed E-state index contributed by atoms with van der Waals surface area (Å²) >= 11 is 11.6. The fourth-order valence-corrected chi connectivity index (χ4v) is 3.15. The Morgan fingerprint density at radius 2 is 1.28 bits per heavy atom. The van der Waals surface area contributed by atoms with E-state index in [1.165, 1.54) is 0 Å². The highest BCUT2D eigenvalue weighted by Gasteiger charge is 2.08. The van der Waals surface area contributed by atoms with Gasteiger partial charge in [0.05, 0.1) is 10.8 Å². The predicted octanol–water partition coefficient (Wildman–Crippen LogP) is 4.33. The summed E-state index contributed by atoms with van der Waals surface area (Å²) < 4.78 is 12.4. The maximum atomic E-state index is 12.4. The first kappa shape index (κ1) is 13.6. The van der Waals surface area contributed by atoms with Gasteiger partial charge in [0.25, 0.3) is 0 Å². The smallest absolute Gasteiger partial charge is 0.0849 e. The van der Waals surface area contributed by atoms with Crippen LogP contribution in [-0.4, -0.2) is 4.21 Å². The summed E-state index contributed by atoms with van der Waals surface area (Å²) in [5.74, 6) is 0.847. The van der Waals surface area contributed by atoms with Gasteiger partial charge < -0.3 is 0 Å². The minimum Gasteiger partial charge on any atom is -0.249 e.